The molecule has 1 aromatic heterocycles. The first kappa shape index (κ1) is 36.3. The van der Waals surface area contributed by atoms with E-state index >= 15 is 0 Å². The SMILES string of the molecule is CN.Cc1cccc2c1c(C)cc1c3ccccc3c3c(c4ccccc4n3-c3cccc(C/C=C(\N)c4ccccc4)c3)c21.Cc1cccc2ccccc12. The number of hydrogen-bond donors (Lipinski definition) is 2. The van der Waals surface area contributed by atoms with E-state index in [0.717, 1.165) is 23.4 Å². The highest BCUT2D eigenvalue weighted by molar-refractivity contribution is 6.37. The molecule has 4 N–H and O–H groups in total. The first-order valence-corrected chi connectivity index (χ1v) is 19.4. The second kappa shape index (κ2) is 15.6. The van der Waals surface area contributed by atoms with Crippen molar-refractivity contribution in [3.05, 3.63) is 204 Å². The summed E-state index contributed by atoms with van der Waals surface area (Å²) in [6.45, 7) is 6.62. The van der Waals surface area contributed by atoms with Gasteiger partial charge < -0.3 is 16.0 Å². The van der Waals surface area contributed by atoms with E-state index in [-0.39, 0.29) is 0 Å². The number of benzene rings is 9. The van der Waals surface area contributed by atoms with Crippen molar-refractivity contribution in [2.24, 2.45) is 11.5 Å². The minimum Gasteiger partial charge on any atom is -0.398 e. The molecular weight excluding hydrogens is 679 g/mol. The van der Waals surface area contributed by atoms with Crippen molar-refractivity contribution in [3.63, 3.8) is 0 Å². The predicted octanol–water partition coefficient (Wildman–Crippen LogP) is 13.1. The van der Waals surface area contributed by atoms with E-state index in [1.165, 1.54) is 94.2 Å². The Kier molecular flexibility index (Phi) is 10.1. The quantitative estimate of drug-likeness (QED) is 0.178. The van der Waals surface area contributed by atoms with E-state index in [1.54, 1.807) is 0 Å². The smallest absolute Gasteiger partial charge is 0.0626 e. The van der Waals surface area contributed by atoms with E-state index in [1.807, 2.05) is 18.2 Å². The molecule has 0 spiro atoms. The third kappa shape index (κ3) is 6.46. The number of fused-ring (bicyclic) bond motifs is 11. The number of aryl methyl sites for hydroxylation is 3. The molecule has 0 atom stereocenters. The molecule has 274 valence electrons. The number of nitrogens with two attached hydrogens (primary N) is 2. The summed E-state index contributed by atoms with van der Waals surface area (Å²) in [5.74, 6) is 0. The molecule has 0 bridgehead atoms. The number of para-hydroxylation sites is 1. The third-order valence-corrected chi connectivity index (χ3v) is 11.0. The minimum absolute atomic E-state index is 0.762. The average molecular weight is 726 g/mol. The molecule has 0 amide bonds. The zero-order valence-corrected chi connectivity index (χ0v) is 32.6. The number of nitrogens with zero attached hydrogens (tertiary/aromatic N) is 1. The second-order valence-corrected chi connectivity index (χ2v) is 14.4. The molecule has 1 heterocycles. The zero-order chi connectivity index (χ0) is 38.8. The van der Waals surface area contributed by atoms with Crippen molar-refractivity contribution in [2.45, 2.75) is 27.2 Å². The van der Waals surface area contributed by atoms with Crippen LogP contribution in [0.1, 0.15) is 27.8 Å². The Morgan fingerprint density at radius 3 is 1.88 bits per heavy atom. The van der Waals surface area contributed by atoms with E-state index in [4.69, 9.17) is 5.73 Å². The molecule has 0 saturated carbocycles. The summed E-state index contributed by atoms with van der Waals surface area (Å²) >= 11 is 0. The van der Waals surface area contributed by atoms with Crippen LogP contribution in [0, 0.1) is 20.8 Å². The summed E-state index contributed by atoms with van der Waals surface area (Å²) in [6.07, 6.45) is 2.89. The highest BCUT2D eigenvalue weighted by atomic mass is 15.0. The summed E-state index contributed by atoms with van der Waals surface area (Å²) in [7, 11) is 1.50. The maximum Gasteiger partial charge on any atom is 0.0626 e. The molecule has 0 radical (unpaired) electrons. The van der Waals surface area contributed by atoms with Crippen LogP contribution < -0.4 is 11.5 Å². The molecular formula is C53H47N3. The molecule has 3 heteroatoms. The maximum absolute atomic E-state index is 6.46. The first-order valence-electron chi connectivity index (χ1n) is 19.4. The molecule has 0 fully saturated rings. The van der Waals surface area contributed by atoms with Gasteiger partial charge in [-0.1, -0.05) is 158 Å². The van der Waals surface area contributed by atoms with Crippen LogP contribution in [0.2, 0.25) is 0 Å². The van der Waals surface area contributed by atoms with Crippen molar-refractivity contribution in [1.29, 1.82) is 0 Å². The van der Waals surface area contributed by atoms with Crippen LogP contribution in [-0.4, -0.2) is 11.6 Å². The van der Waals surface area contributed by atoms with Gasteiger partial charge in [-0.25, -0.2) is 0 Å². The fraction of sp³-hybridized carbons (Fsp3) is 0.0943. The van der Waals surface area contributed by atoms with Gasteiger partial charge in [0.05, 0.1) is 11.0 Å². The fourth-order valence-electron chi connectivity index (χ4n) is 8.51. The first-order chi connectivity index (χ1) is 27.5. The van der Waals surface area contributed by atoms with E-state index < -0.39 is 0 Å². The van der Waals surface area contributed by atoms with Crippen LogP contribution >= 0.6 is 0 Å². The van der Waals surface area contributed by atoms with E-state index in [2.05, 4.69) is 189 Å². The summed E-state index contributed by atoms with van der Waals surface area (Å²) < 4.78 is 2.47. The second-order valence-electron chi connectivity index (χ2n) is 14.4. The molecule has 3 nitrogen and oxygen atoms in total. The van der Waals surface area contributed by atoms with E-state index in [0.29, 0.717) is 0 Å². The van der Waals surface area contributed by atoms with Gasteiger partial charge in [0.2, 0.25) is 0 Å². The van der Waals surface area contributed by atoms with Gasteiger partial charge in [-0.15, -0.1) is 0 Å². The van der Waals surface area contributed by atoms with Crippen molar-refractivity contribution >= 4 is 70.6 Å². The lowest BCUT2D eigenvalue weighted by molar-refractivity contribution is 1.16. The van der Waals surface area contributed by atoms with Crippen molar-refractivity contribution in [2.75, 3.05) is 7.05 Å². The van der Waals surface area contributed by atoms with Crippen molar-refractivity contribution in [3.8, 4) is 5.69 Å². The standard InChI is InChI=1S/C41H32N2.C11H10.CH5N/c1-26-12-10-20-34-38(26)27(2)24-35-31-17-6-7-18-32(31)41-40(39(34)35)33-19-8-9-21-37(33)43(41)30-16-11-13-28(25-30)22-23-36(42)29-14-4-3-5-15-29;1-9-5-4-7-10-6-2-3-8-11(9)10;1-2/h3-21,23-25H,22,42H2,1-2H3;2-8H,1H3;2H2,1H3/b36-23-;;. The van der Waals surface area contributed by atoms with Gasteiger partial charge >= 0.3 is 0 Å². The Bertz CT molecular complexity index is 3050. The molecule has 9 aromatic carbocycles. The number of rotatable bonds is 4. The summed E-state index contributed by atoms with van der Waals surface area (Å²) in [6, 6.07) is 60.9. The zero-order valence-electron chi connectivity index (χ0n) is 32.6. The Morgan fingerprint density at radius 1 is 0.482 bits per heavy atom. The molecule has 0 aliphatic carbocycles. The van der Waals surface area contributed by atoms with Crippen LogP contribution in [0.25, 0.3) is 76.3 Å². The van der Waals surface area contributed by atoms with Crippen LogP contribution in [-0.2, 0) is 6.42 Å². The lowest BCUT2D eigenvalue weighted by Crippen LogP contribution is -1.98. The van der Waals surface area contributed by atoms with Crippen molar-refractivity contribution in [1.82, 2.24) is 4.57 Å². The lowest BCUT2D eigenvalue weighted by atomic mass is 9.89. The highest BCUT2D eigenvalue weighted by Crippen LogP contribution is 2.45. The van der Waals surface area contributed by atoms with Gasteiger partial charge in [0, 0.05) is 32.9 Å². The summed E-state index contributed by atoms with van der Waals surface area (Å²) in [4.78, 5) is 0. The largest absolute Gasteiger partial charge is 0.398 e. The molecule has 0 saturated heterocycles. The Hall–Kier alpha value is -6.68. The molecule has 56 heavy (non-hydrogen) atoms. The van der Waals surface area contributed by atoms with Crippen LogP contribution in [0.5, 0.6) is 0 Å². The molecule has 0 aliphatic heterocycles. The van der Waals surface area contributed by atoms with Crippen LogP contribution in [0.4, 0.5) is 0 Å². The van der Waals surface area contributed by atoms with Gasteiger partial charge in [0.25, 0.3) is 0 Å². The topological polar surface area (TPSA) is 57.0 Å². The van der Waals surface area contributed by atoms with Crippen LogP contribution in [0.3, 0.4) is 0 Å². The van der Waals surface area contributed by atoms with Gasteiger partial charge in [-0.2, -0.15) is 0 Å². The predicted molar refractivity (Wildman–Crippen MR) is 244 cm³/mol. The minimum atomic E-state index is 0.762. The average Bonchev–Trinajstić information content (AvgIpc) is 3.60. The normalized spacial score (nSPS) is 11.6. The number of allylic oxidation sites excluding steroid dienone is 1. The molecule has 0 unspecified atom stereocenters. The maximum atomic E-state index is 6.46. The van der Waals surface area contributed by atoms with Gasteiger partial charge in [-0.05, 0) is 113 Å². The fourth-order valence-corrected chi connectivity index (χ4v) is 8.51. The lowest BCUT2D eigenvalue weighted by Gasteiger charge is -2.16. The number of aromatic nitrogens is 1. The van der Waals surface area contributed by atoms with Gasteiger partial charge in [0.15, 0.2) is 0 Å². The highest BCUT2D eigenvalue weighted by Gasteiger charge is 2.21. The summed E-state index contributed by atoms with van der Waals surface area (Å²) in [5.41, 5.74) is 21.7. The Labute approximate surface area is 329 Å². The molecule has 0 aliphatic rings. The van der Waals surface area contributed by atoms with Gasteiger partial charge in [0.1, 0.15) is 0 Å². The number of hydrogen-bond acceptors (Lipinski definition) is 2. The van der Waals surface area contributed by atoms with Crippen LogP contribution in [0.15, 0.2) is 176 Å². The Morgan fingerprint density at radius 2 is 1.09 bits per heavy atom. The third-order valence-electron chi connectivity index (χ3n) is 11.0. The summed E-state index contributed by atoms with van der Waals surface area (Å²) in [5, 5.41) is 13.2. The Balaban J connectivity index is 0.000000289. The molecule has 10 aromatic rings. The monoisotopic (exact) mass is 725 g/mol. The van der Waals surface area contributed by atoms with Gasteiger partial charge in [-0.3, -0.25) is 0 Å². The van der Waals surface area contributed by atoms with Crippen molar-refractivity contribution < 1.29 is 0 Å². The van der Waals surface area contributed by atoms with E-state index in [9.17, 15) is 0 Å². The molecule has 10 rings (SSSR count).